The third kappa shape index (κ3) is 2.01. The number of oxazole rings is 1. The van der Waals surface area contributed by atoms with Crippen LogP contribution in [0, 0.1) is 6.92 Å². The van der Waals surface area contributed by atoms with Crippen LogP contribution in [-0.2, 0) is 12.8 Å². The normalized spacial score (nSPS) is 10.7. The molecule has 1 aromatic carbocycles. The van der Waals surface area contributed by atoms with Gasteiger partial charge in [-0.2, -0.15) is 0 Å². The first-order chi connectivity index (χ1) is 7.74. The molecule has 1 heterocycles. The molecule has 1 aromatic heterocycles. The Labute approximate surface area is 96.3 Å². The average Bonchev–Trinajstić information content (AvgIpc) is 2.71. The molecule has 0 atom stereocenters. The summed E-state index contributed by atoms with van der Waals surface area (Å²) in [5.74, 6) is 1.66. The van der Waals surface area contributed by atoms with Gasteiger partial charge in [-0.25, -0.2) is 4.98 Å². The highest BCUT2D eigenvalue weighted by Crippen LogP contribution is 2.22. The third-order valence-electron chi connectivity index (χ3n) is 2.84. The van der Waals surface area contributed by atoms with E-state index in [2.05, 4.69) is 43.1 Å². The predicted molar refractivity (Wildman–Crippen MR) is 65.4 cm³/mol. The van der Waals surface area contributed by atoms with Crippen molar-refractivity contribution in [1.29, 1.82) is 0 Å². The molecule has 2 nitrogen and oxygen atoms in total. The summed E-state index contributed by atoms with van der Waals surface area (Å²) in [4.78, 5) is 4.49. The van der Waals surface area contributed by atoms with Crippen LogP contribution in [0.2, 0.25) is 0 Å². The van der Waals surface area contributed by atoms with Gasteiger partial charge in [0.2, 0.25) is 5.89 Å². The highest BCUT2D eigenvalue weighted by Gasteiger charge is 2.09. The Morgan fingerprint density at radius 1 is 1.06 bits per heavy atom. The zero-order chi connectivity index (χ0) is 11.5. The van der Waals surface area contributed by atoms with E-state index in [4.69, 9.17) is 4.42 Å². The van der Waals surface area contributed by atoms with Crippen molar-refractivity contribution in [1.82, 2.24) is 4.98 Å². The van der Waals surface area contributed by atoms with Crippen LogP contribution in [0.15, 0.2) is 28.7 Å². The summed E-state index contributed by atoms with van der Waals surface area (Å²) in [6.07, 6.45) is 1.98. The largest absolute Gasteiger partial charge is 0.441 e. The average molecular weight is 215 g/mol. The molecule has 0 radical (unpaired) electrons. The summed E-state index contributed by atoms with van der Waals surface area (Å²) in [6.45, 7) is 6.21. The molecule has 0 saturated heterocycles. The van der Waals surface area contributed by atoms with E-state index in [1.165, 1.54) is 5.56 Å². The molecule has 0 aliphatic carbocycles. The van der Waals surface area contributed by atoms with E-state index in [0.29, 0.717) is 0 Å². The number of hydrogen-bond donors (Lipinski definition) is 0. The lowest BCUT2D eigenvalue weighted by molar-refractivity contribution is 0.539. The van der Waals surface area contributed by atoms with Gasteiger partial charge in [0.25, 0.3) is 0 Å². The molecule has 0 unspecified atom stereocenters. The van der Waals surface area contributed by atoms with Gasteiger partial charge in [0.05, 0.1) is 5.69 Å². The Kier molecular flexibility index (Phi) is 3.09. The Morgan fingerprint density at radius 2 is 1.75 bits per heavy atom. The number of aromatic nitrogens is 1. The van der Waals surface area contributed by atoms with Crippen LogP contribution >= 0.6 is 0 Å². The molecule has 0 spiro atoms. The van der Waals surface area contributed by atoms with Crippen LogP contribution in [0.4, 0.5) is 0 Å². The van der Waals surface area contributed by atoms with Crippen molar-refractivity contribution >= 4 is 0 Å². The van der Waals surface area contributed by atoms with Crippen LogP contribution < -0.4 is 0 Å². The highest BCUT2D eigenvalue weighted by molar-refractivity contribution is 5.54. The number of rotatable bonds is 3. The molecule has 0 aliphatic heterocycles. The lowest BCUT2D eigenvalue weighted by Gasteiger charge is -1.97. The molecule has 0 amide bonds. The first-order valence-electron chi connectivity index (χ1n) is 5.80. The minimum Gasteiger partial charge on any atom is -0.441 e. The standard InChI is InChI=1S/C14H17NO/c1-4-11-6-8-12(9-7-11)14-15-13(5-2)10(3)16-14/h6-9H,4-5H2,1-3H3. The Hall–Kier alpha value is -1.57. The molecule has 0 saturated carbocycles. The maximum Gasteiger partial charge on any atom is 0.226 e. The first kappa shape index (κ1) is 10.9. The van der Waals surface area contributed by atoms with E-state index in [1.807, 2.05) is 6.92 Å². The van der Waals surface area contributed by atoms with E-state index in [9.17, 15) is 0 Å². The lowest BCUT2D eigenvalue weighted by Crippen LogP contribution is -1.83. The van der Waals surface area contributed by atoms with Gasteiger partial charge in [-0.1, -0.05) is 26.0 Å². The van der Waals surface area contributed by atoms with E-state index < -0.39 is 0 Å². The van der Waals surface area contributed by atoms with Gasteiger partial charge in [-0.05, 0) is 37.5 Å². The van der Waals surface area contributed by atoms with Gasteiger partial charge < -0.3 is 4.42 Å². The van der Waals surface area contributed by atoms with Gasteiger partial charge >= 0.3 is 0 Å². The fourth-order valence-corrected chi connectivity index (χ4v) is 1.76. The molecule has 0 aliphatic rings. The SMILES string of the molecule is CCc1ccc(-c2nc(CC)c(C)o2)cc1. The van der Waals surface area contributed by atoms with E-state index in [0.717, 1.165) is 35.7 Å². The van der Waals surface area contributed by atoms with Crippen molar-refractivity contribution < 1.29 is 4.42 Å². The molecule has 2 aromatic rings. The molecular weight excluding hydrogens is 198 g/mol. The Balaban J connectivity index is 2.34. The molecule has 2 rings (SSSR count). The van der Waals surface area contributed by atoms with Crippen molar-refractivity contribution in [2.45, 2.75) is 33.6 Å². The van der Waals surface area contributed by atoms with Crippen LogP contribution in [0.25, 0.3) is 11.5 Å². The molecule has 16 heavy (non-hydrogen) atoms. The quantitative estimate of drug-likeness (QED) is 0.778. The molecule has 84 valence electrons. The fourth-order valence-electron chi connectivity index (χ4n) is 1.76. The third-order valence-corrected chi connectivity index (χ3v) is 2.84. The smallest absolute Gasteiger partial charge is 0.226 e. The van der Waals surface area contributed by atoms with E-state index in [-0.39, 0.29) is 0 Å². The molecule has 0 bridgehead atoms. The summed E-state index contributed by atoms with van der Waals surface area (Å²) < 4.78 is 5.65. The summed E-state index contributed by atoms with van der Waals surface area (Å²) in [5.41, 5.74) is 3.44. The van der Waals surface area contributed by atoms with Gasteiger partial charge in [0.15, 0.2) is 0 Å². The maximum absolute atomic E-state index is 5.65. The molecule has 0 fully saturated rings. The summed E-state index contributed by atoms with van der Waals surface area (Å²) in [5, 5.41) is 0. The second-order valence-electron chi connectivity index (χ2n) is 3.93. The van der Waals surface area contributed by atoms with Crippen LogP contribution in [0.3, 0.4) is 0 Å². The topological polar surface area (TPSA) is 26.0 Å². The van der Waals surface area contributed by atoms with Crippen LogP contribution in [0.5, 0.6) is 0 Å². The number of benzene rings is 1. The van der Waals surface area contributed by atoms with Gasteiger partial charge in [0.1, 0.15) is 5.76 Å². The second-order valence-corrected chi connectivity index (χ2v) is 3.93. The van der Waals surface area contributed by atoms with E-state index >= 15 is 0 Å². The van der Waals surface area contributed by atoms with Crippen molar-refractivity contribution in [2.75, 3.05) is 0 Å². The van der Waals surface area contributed by atoms with Crippen LogP contribution in [-0.4, -0.2) is 4.98 Å². The van der Waals surface area contributed by atoms with Gasteiger partial charge in [-0.3, -0.25) is 0 Å². The lowest BCUT2D eigenvalue weighted by atomic mass is 10.1. The molecular formula is C14H17NO. The zero-order valence-corrected chi connectivity index (χ0v) is 10.1. The van der Waals surface area contributed by atoms with E-state index in [1.54, 1.807) is 0 Å². The van der Waals surface area contributed by atoms with Gasteiger partial charge in [0, 0.05) is 5.56 Å². The monoisotopic (exact) mass is 215 g/mol. The fraction of sp³-hybridized carbons (Fsp3) is 0.357. The van der Waals surface area contributed by atoms with Crippen molar-refractivity contribution in [3.05, 3.63) is 41.3 Å². The van der Waals surface area contributed by atoms with Crippen LogP contribution in [0.1, 0.15) is 30.9 Å². The first-order valence-corrected chi connectivity index (χ1v) is 5.80. The predicted octanol–water partition coefficient (Wildman–Crippen LogP) is 3.77. The molecule has 2 heteroatoms. The minimum atomic E-state index is 0.733. The number of hydrogen-bond acceptors (Lipinski definition) is 2. The summed E-state index contributed by atoms with van der Waals surface area (Å²) in [6, 6.07) is 8.40. The van der Waals surface area contributed by atoms with Crippen molar-refractivity contribution in [3.8, 4) is 11.5 Å². The zero-order valence-electron chi connectivity index (χ0n) is 10.1. The minimum absolute atomic E-state index is 0.733. The summed E-state index contributed by atoms with van der Waals surface area (Å²) >= 11 is 0. The Bertz CT molecular complexity index is 468. The van der Waals surface area contributed by atoms with Crippen molar-refractivity contribution in [3.63, 3.8) is 0 Å². The van der Waals surface area contributed by atoms with Crippen molar-refractivity contribution in [2.24, 2.45) is 0 Å². The number of nitrogens with zero attached hydrogens (tertiary/aromatic N) is 1. The number of aryl methyl sites for hydroxylation is 3. The second kappa shape index (κ2) is 4.52. The maximum atomic E-state index is 5.65. The summed E-state index contributed by atoms with van der Waals surface area (Å²) in [7, 11) is 0. The molecule has 0 N–H and O–H groups in total. The highest BCUT2D eigenvalue weighted by atomic mass is 16.4. The van der Waals surface area contributed by atoms with Gasteiger partial charge in [-0.15, -0.1) is 0 Å². The Morgan fingerprint density at radius 3 is 2.25 bits per heavy atom.